The quantitative estimate of drug-likeness (QED) is 0.825. The number of benzene rings is 1. The van der Waals surface area contributed by atoms with Crippen LogP contribution >= 0.6 is 0 Å². The molecule has 1 fully saturated rings. The van der Waals surface area contributed by atoms with Gasteiger partial charge in [0.1, 0.15) is 5.78 Å². The van der Waals surface area contributed by atoms with Crippen LogP contribution in [0.2, 0.25) is 0 Å². The molecule has 0 heterocycles. The molecule has 92 valence electrons. The van der Waals surface area contributed by atoms with Crippen molar-refractivity contribution in [2.75, 3.05) is 0 Å². The second kappa shape index (κ2) is 4.61. The van der Waals surface area contributed by atoms with E-state index in [2.05, 4.69) is 0 Å². The van der Waals surface area contributed by atoms with Gasteiger partial charge in [0.25, 0.3) is 0 Å². The highest BCUT2D eigenvalue weighted by Crippen LogP contribution is 2.37. The first-order chi connectivity index (χ1) is 8.07. The van der Waals surface area contributed by atoms with E-state index in [-0.39, 0.29) is 11.7 Å². The van der Waals surface area contributed by atoms with E-state index in [0.29, 0.717) is 24.2 Å². The fourth-order valence-corrected chi connectivity index (χ4v) is 4.31. The van der Waals surface area contributed by atoms with Crippen LogP contribution in [-0.4, -0.2) is 19.5 Å². The van der Waals surface area contributed by atoms with Crippen LogP contribution < -0.4 is 0 Å². The van der Waals surface area contributed by atoms with Gasteiger partial charge in [0.15, 0.2) is 9.84 Å². The van der Waals surface area contributed by atoms with Gasteiger partial charge in [0, 0.05) is 12.3 Å². The van der Waals surface area contributed by atoms with Crippen LogP contribution in [0.5, 0.6) is 0 Å². The highest BCUT2D eigenvalue weighted by atomic mass is 32.2. The Morgan fingerprint density at radius 1 is 1.24 bits per heavy atom. The lowest BCUT2D eigenvalue weighted by molar-refractivity contribution is -0.124. The molecular weight excluding hydrogens is 236 g/mol. The van der Waals surface area contributed by atoms with Crippen LogP contribution in [0.1, 0.15) is 26.2 Å². The van der Waals surface area contributed by atoms with E-state index < -0.39 is 15.1 Å². The maximum atomic E-state index is 12.3. The molecule has 1 aliphatic carbocycles. The maximum absolute atomic E-state index is 12.3. The number of hydrogen-bond acceptors (Lipinski definition) is 3. The predicted molar refractivity (Wildman–Crippen MR) is 65.4 cm³/mol. The predicted octanol–water partition coefficient (Wildman–Crippen LogP) is 2.22. The van der Waals surface area contributed by atoms with E-state index in [9.17, 15) is 13.2 Å². The summed E-state index contributed by atoms with van der Waals surface area (Å²) in [5.74, 6) is -0.217. The van der Waals surface area contributed by atoms with Crippen LogP contribution in [-0.2, 0) is 14.6 Å². The fraction of sp³-hybridized carbons (Fsp3) is 0.462. The third kappa shape index (κ3) is 2.14. The highest BCUT2D eigenvalue weighted by Gasteiger charge is 2.44. The molecule has 1 aromatic carbocycles. The zero-order valence-corrected chi connectivity index (χ0v) is 10.6. The Kier molecular flexibility index (Phi) is 3.33. The van der Waals surface area contributed by atoms with E-state index in [1.807, 2.05) is 0 Å². The van der Waals surface area contributed by atoms with Crippen LogP contribution in [0.4, 0.5) is 0 Å². The molecule has 4 heteroatoms. The van der Waals surface area contributed by atoms with E-state index in [4.69, 9.17) is 0 Å². The molecule has 1 aromatic rings. The van der Waals surface area contributed by atoms with Gasteiger partial charge < -0.3 is 0 Å². The van der Waals surface area contributed by atoms with Crippen molar-refractivity contribution in [3.8, 4) is 0 Å². The monoisotopic (exact) mass is 252 g/mol. The number of rotatable bonds is 4. The summed E-state index contributed by atoms with van der Waals surface area (Å²) in [7, 11) is -3.33. The highest BCUT2D eigenvalue weighted by molar-refractivity contribution is 7.92. The Balaban J connectivity index is 2.26. The topological polar surface area (TPSA) is 51.2 Å². The minimum atomic E-state index is -3.33. The molecule has 0 radical (unpaired) electrons. The summed E-state index contributed by atoms with van der Waals surface area (Å²) in [4.78, 5) is 12.0. The van der Waals surface area contributed by atoms with Gasteiger partial charge in [-0.1, -0.05) is 25.1 Å². The zero-order valence-electron chi connectivity index (χ0n) is 9.80. The summed E-state index contributed by atoms with van der Waals surface area (Å²) in [6.07, 6.45) is 1.74. The molecule has 0 saturated heterocycles. The number of hydrogen-bond donors (Lipinski definition) is 0. The Bertz CT molecular complexity index is 505. The third-order valence-electron chi connectivity index (χ3n) is 3.44. The number of sulfone groups is 1. The van der Waals surface area contributed by atoms with Gasteiger partial charge >= 0.3 is 0 Å². The van der Waals surface area contributed by atoms with Crippen molar-refractivity contribution in [1.29, 1.82) is 0 Å². The van der Waals surface area contributed by atoms with Crippen molar-refractivity contribution in [2.24, 2.45) is 5.92 Å². The van der Waals surface area contributed by atoms with Crippen molar-refractivity contribution in [3.63, 3.8) is 0 Å². The number of ketones is 1. The van der Waals surface area contributed by atoms with Crippen molar-refractivity contribution < 1.29 is 13.2 Å². The summed E-state index contributed by atoms with van der Waals surface area (Å²) in [5.41, 5.74) is 0. The van der Waals surface area contributed by atoms with Crippen LogP contribution in [0, 0.1) is 5.92 Å². The van der Waals surface area contributed by atoms with E-state index >= 15 is 0 Å². The van der Waals surface area contributed by atoms with Gasteiger partial charge in [-0.2, -0.15) is 0 Å². The lowest BCUT2D eigenvalue weighted by Gasteiger charge is -2.34. The average Bonchev–Trinajstić information content (AvgIpc) is 2.28. The maximum Gasteiger partial charge on any atom is 0.181 e. The van der Waals surface area contributed by atoms with Crippen molar-refractivity contribution in [1.82, 2.24) is 0 Å². The molecular formula is C13H16O3S. The van der Waals surface area contributed by atoms with Gasteiger partial charge in [-0.25, -0.2) is 8.42 Å². The summed E-state index contributed by atoms with van der Waals surface area (Å²) < 4.78 is 24.6. The minimum absolute atomic E-state index is 0.0701. The molecule has 2 atom stereocenters. The molecule has 0 bridgehead atoms. The summed E-state index contributed by atoms with van der Waals surface area (Å²) >= 11 is 0. The normalized spacial score (nSPS) is 24.1. The first-order valence-electron chi connectivity index (χ1n) is 5.89. The van der Waals surface area contributed by atoms with E-state index in [1.54, 1.807) is 37.3 Å². The van der Waals surface area contributed by atoms with Gasteiger partial charge in [0.2, 0.25) is 0 Å². The fourth-order valence-electron chi connectivity index (χ4n) is 2.26. The first-order valence-corrected chi connectivity index (χ1v) is 7.43. The van der Waals surface area contributed by atoms with Gasteiger partial charge in [0.05, 0.1) is 10.1 Å². The Labute approximate surface area is 102 Å². The van der Waals surface area contributed by atoms with Gasteiger partial charge in [-0.15, -0.1) is 0 Å². The van der Waals surface area contributed by atoms with Crippen molar-refractivity contribution in [2.45, 2.75) is 36.3 Å². The molecule has 0 N–H and O–H groups in total. The molecule has 2 rings (SSSR count). The van der Waals surface area contributed by atoms with Crippen molar-refractivity contribution >= 4 is 15.6 Å². The van der Waals surface area contributed by atoms with Crippen LogP contribution in [0.25, 0.3) is 0 Å². The molecule has 0 spiro atoms. The molecule has 1 aliphatic rings. The first kappa shape index (κ1) is 12.3. The standard InChI is InChI=1S/C13H16O3S/c1-2-12(14)11-8-9-13(11)17(15,16)10-6-4-3-5-7-10/h3-7,11,13H,2,8-9H2,1H3/t11-,13+/m1/s1. The lowest BCUT2D eigenvalue weighted by Crippen LogP contribution is -2.43. The SMILES string of the molecule is CCC(=O)[C@H]1CC[C@@H]1S(=O)(=O)c1ccccc1. The zero-order chi connectivity index (χ0) is 12.5. The molecule has 0 amide bonds. The smallest absolute Gasteiger partial charge is 0.181 e. The Morgan fingerprint density at radius 2 is 1.88 bits per heavy atom. The molecule has 0 unspecified atom stereocenters. The van der Waals surface area contributed by atoms with Gasteiger partial charge in [-0.05, 0) is 25.0 Å². The summed E-state index contributed by atoms with van der Waals surface area (Å²) in [6, 6.07) is 8.40. The average molecular weight is 252 g/mol. The molecule has 3 nitrogen and oxygen atoms in total. The lowest BCUT2D eigenvalue weighted by atomic mass is 9.80. The second-order valence-corrected chi connectivity index (χ2v) is 6.57. The number of carbonyl (C=O) groups is 1. The number of Topliss-reactive ketones (excluding diaryl/α,β-unsaturated/α-hetero) is 1. The third-order valence-corrected chi connectivity index (χ3v) is 5.73. The summed E-state index contributed by atoms with van der Waals surface area (Å²) in [6.45, 7) is 1.78. The molecule has 1 saturated carbocycles. The Morgan fingerprint density at radius 3 is 2.35 bits per heavy atom. The van der Waals surface area contributed by atoms with Crippen LogP contribution in [0.3, 0.4) is 0 Å². The molecule has 17 heavy (non-hydrogen) atoms. The minimum Gasteiger partial charge on any atom is -0.299 e. The summed E-state index contributed by atoms with van der Waals surface area (Å²) in [5, 5.41) is -0.502. The largest absolute Gasteiger partial charge is 0.299 e. The van der Waals surface area contributed by atoms with E-state index in [0.717, 1.165) is 0 Å². The van der Waals surface area contributed by atoms with Crippen LogP contribution in [0.15, 0.2) is 35.2 Å². The molecule has 0 aromatic heterocycles. The van der Waals surface area contributed by atoms with E-state index in [1.165, 1.54) is 0 Å². The second-order valence-electron chi connectivity index (χ2n) is 4.40. The molecule has 0 aliphatic heterocycles. The Hall–Kier alpha value is -1.16. The van der Waals surface area contributed by atoms with Crippen molar-refractivity contribution in [3.05, 3.63) is 30.3 Å². The number of carbonyl (C=O) groups excluding carboxylic acids is 1. The van der Waals surface area contributed by atoms with Gasteiger partial charge in [-0.3, -0.25) is 4.79 Å².